The molecule has 102 valence electrons. The molecular formula is C16H22N2O. The highest BCUT2D eigenvalue weighted by atomic mass is 16.5. The van der Waals surface area contributed by atoms with E-state index in [-0.39, 0.29) is 5.60 Å². The Morgan fingerprint density at radius 3 is 2.32 bits per heavy atom. The van der Waals surface area contributed by atoms with Crippen molar-refractivity contribution in [2.75, 3.05) is 0 Å². The summed E-state index contributed by atoms with van der Waals surface area (Å²) in [4.78, 5) is 4.35. The predicted octanol–water partition coefficient (Wildman–Crippen LogP) is 3.88. The molecule has 1 aromatic carbocycles. The summed E-state index contributed by atoms with van der Waals surface area (Å²) in [7, 11) is 2.02. The van der Waals surface area contributed by atoms with E-state index in [0.29, 0.717) is 0 Å². The Morgan fingerprint density at radius 1 is 1.16 bits per heavy atom. The van der Waals surface area contributed by atoms with Crippen LogP contribution in [0.3, 0.4) is 0 Å². The van der Waals surface area contributed by atoms with E-state index in [1.54, 1.807) is 0 Å². The fourth-order valence-corrected chi connectivity index (χ4v) is 2.25. The van der Waals surface area contributed by atoms with Gasteiger partial charge in [-0.2, -0.15) is 0 Å². The van der Waals surface area contributed by atoms with Gasteiger partial charge < -0.3 is 9.30 Å². The highest BCUT2D eigenvalue weighted by Crippen LogP contribution is 2.29. The van der Waals surface area contributed by atoms with Crippen molar-refractivity contribution in [1.82, 2.24) is 9.55 Å². The van der Waals surface area contributed by atoms with Gasteiger partial charge in [0, 0.05) is 12.6 Å². The first-order valence-electron chi connectivity index (χ1n) is 6.56. The van der Waals surface area contributed by atoms with E-state index in [1.807, 2.05) is 26.4 Å². The quantitative estimate of drug-likeness (QED) is 0.817. The molecule has 0 saturated carbocycles. The summed E-state index contributed by atoms with van der Waals surface area (Å²) in [6, 6.07) is 6.23. The normalized spacial score (nSPS) is 11.7. The van der Waals surface area contributed by atoms with Crippen LogP contribution in [0.5, 0.6) is 5.75 Å². The molecule has 3 heteroatoms. The van der Waals surface area contributed by atoms with Crippen molar-refractivity contribution in [3.05, 3.63) is 35.8 Å². The molecule has 0 spiro atoms. The summed E-state index contributed by atoms with van der Waals surface area (Å²) < 4.78 is 7.95. The zero-order valence-electron chi connectivity index (χ0n) is 12.6. The fourth-order valence-electron chi connectivity index (χ4n) is 2.25. The molecule has 2 aromatic rings. The van der Waals surface area contributed by atoms with Crippen LogP contribution in [0, 0.1) is 13.8 Å². The molecule has 0 unspecified atom stereocenters. The standard InChI is InChI=1S/C16H22N2O/c1-11-9-13(19-16(3,4)5)7-8-14(11)15-12(2)17-10-18(15)6/h7-10H,1-6H3. The van der Waals surface area contributed by atoms with Gasteiger partial charge in [-0.15, -0.1) is 0 Å². The molecule has 3 nitrogen and oxygen atoms in total. The van der Waals surface area contributed by atoms with Crippen LogP contribution in [0.2, 0.25) is 0 Å². The van der Waals surface area contributed by atoms with Crippen LogP contribution in [-0.4, -0.2) is 15.2 Å². The lowest BCUT2D eigenvalue weighted by atomic mass is 10.0. The first kappa shape index (κ1) is 13.7. The van der Waals surface area contributed by atoms with Crippen LogP contribution in [0.1, 0.15) is 32.0 Å². The second kappa shape index (κ2) is 4.72. The third kappa shape index (κ3) is 2.98. The summed E-state index contributed by atoms with van der Waals surface area (Å²) in [6.07, 6.45) is 1.85. The van der Waals surface area contributed by atoms with Crippen LogP contribution in [0.4, 0.5) is 0 Å². The molecule has 1 heterocycles. The third-order valence-corrected chi connectivity index (χ3v) is 3.00. The Labute approximate surface area is 115 Å². The maximum Gasteiger partial charge on any atom is 0.120 e. The van der Waals surface area contributed by atoms with Crippen molar-refractivity contribution >= 4 is 0 Å². The van der Waals surface area contributed by atoms with Crippen LogP contribution < -0.4 is 4.74 Å². The zero-order chi connectivity index (χ0) is 14.2. The van der Waals surface area contributed by atoms with Crippen molar-refractivity contribution in [3.63, 3.8) is 0 Å². The highest BCUT2D eigenvalue weighted by Gasteiger charge is 2.14. The number of imidazole rings is 1. The molecule has 0 aliphatic heterocycles. The van der Waals surface area contributed by atoms with Gasteiger partial charge in [0.1, 0.15) is 11.4 Å². The minimum atomic E-state index is -0.170. The van der Waals surface area contributed by atoms with Gasteiger partial charge in [0.05, 0.1) is 17.7 Å². The summed E-state index contributed by atoms with van der Waals surface area (Å²) in [5.41, 5.74) is 4.46. The van der Waals surface area contributed by atoms with E-state index in [4.69, 9.17) is 4.74 Å². The SMILES string of the molecule is Cc1cc(OC(C)(C)C)ccc1-c1c(C)ncn1C. The Hall–Kier alpha value is -1.77. The Morgan fingerprint density at radius 2 is 1.84 bits per heavy atom. The lowest BCUT2D eigenvalue weighted by Crippen LogP contribution is -2.22. The van der Waals surface area contributed by atoms with E-state index >= 15 is 0 Å². The Kier molecular flexibility index (Phi) is 3.40. The summed E-state index contributed by atoms with van der Waals surface area (Å²) in [5.74, 6) is 0.911. The molecule has 0 radical (unpaired) electrons. The first-order chi connectivity index (χ1) is 8.78. The second-order valence-electron chi connectivity index (χ2n) is 5.98. The molecule has 0 amide bonds. The zero-order valence-corrected chi connectivity index (χ0v) is 12.6. The van der Waals surface area contributed by atoms with E-state index in [0.717, 1.165) is 11.4 Å². The number of aryl methyl sites for hydroxylation is 3. The third-order valence-electron chi connectivity index (χ3n) is 3.00. The van der Waals surface area contributed by atoms with Crippen molar-refractivity contribution in [1.29, 1.82) is 0 Å². The molecule has 1 aromatic heterocycles. The topological polar surface area (TPSA) is 27.1 Å². The van der Waals surface area contributed by atoms with Gasteiger partial charge >= 0.3 is 0 Å². The molecule has 0 aliphatic rings. The lowest BCUT2D eigenvalue weighted by molar-refractivity contribution is 0.131. The summed E-state index contributed by atoms with van der Waals surface area (Å²) in [5, 5.41) is 0. The molecule has 0 atom stereocenters. The molecule has 0 saturated heterocycles. The number of rotatable bonds is 2. The summed E-state index contributed by atoms with van der Waals surface area (Å²) >= 11 is 0. The van der Waals surface area contributed by atoms with Crippen LogP contribution in [0.15, 0.2) is 24.5 Å². The largest absolute Gasteiger partial charge is 0.488 e. The van der Waals surface area contributed by atoms with Gasteiger partial charge in [-0.05, 0) is 58.4 Å². The van der Waals surface area contributed by atoms with Crippen molar-refractivity contribution < 1.29 is 4.74 Å². The molecule has 0 aliphatic carbocycles. The second-order valence-corrected chi connectivity index (χ2v) is 5.98. The molecule has 2 rings (SSSR count). The number of nitrogens with zero attached hydrogens (tertiary/aromatic N) is 2. The number of aromatic nitrogens is 2. The average molecular weight is 258 g/mol. The molecule has 19 heavy (non-hydrogen) atoms. The van der Waals surface area contributed by atoms with Crippen LogP contribution in [-0.2, 0) is 7.05 Å². The number of hydrogen-bond acceptors (Lipinski definition) is 2. The van der Waals surface area contributed by atoms with Gasteiger partial charge in [0.2, 0.25) is 0 Å². The van der Waals surface area contributed by atoms with Gasteiger partial charge in [-0.25, -0.2) is 4.98 Å². The molecule has 0 bridgehead atoms. The molecular weight excluding hydrogens is 236 g/mol. The number of benzene rings is 1. The Balaban J connectivity index is 2.40. The minimum Gasteiger partial charge on any atom is -0.488 e. The van der Waals surface area contributed by atoms with Gasteiger partial charge in [0.25, 0.3) is 0 Å². The molecule has 0 fully saturated rings. The van der Waals surface area contributed by atoms with Crippen LogP contribution >= 0.6 is 0 Å². The lowest BCUT2D eigenvalue weighted by Gasteiger charge is -2.22. The fraction of sp³-hybridized carbons (Fsp3) is 0.438. The van der Waals surface area contributed by atoms with Crippen molar-refractivity contribution in [2.24, 2.45) is 7.05 Å². The van der Waals surface area contributed by atoms with Crippen LogP contribution in [0.25, 0.3) is 11.3 Å². The molecule has 0 N–H and O–H groups in total. The maximum atomic E-state index is 5.89. The highest BCUT2D eigenvalue weighted by molar-refractivity contribution is 5.67. The predicted molar refractivity (Wildman–Crippen MR) is 78.5 cm³/mol. The number of hydrogen-bond donors (Lipinski definition) is 0. The monoisotopic (exact) mass is 258 g/mol. The van der Waals surface area contributed by atoms with E-state index in [9.17, 15) is 0 Å². The smallest absolute Gasteiger partial charge is 0.120 e. The number of ether oxygens (including phenoxy) is 1. The van der Waals surface area contributed by atoms with Crippen molar-refractivity contribution in [3.8, 4) is 17.0 Å². The van der Waals surface area contributed by atoms with Gasteiger partial charge in [-0.1, -0.05) is 0 Å². The minimum absolute atomic E-state index is 0.170. The van der Waals surface area contributed by atoms with Gasteiger partial charge in [0.15, 0.2) is 0 Å². The Bertz CT molecular complexity index is 572. The van der Waals surface area contributed by atoms with E-state index in [2.05, 4.69) is 49.4 Å². The average Bonchev–Trinajstić information content (AvgIpc) is 2.58. The van der Waals surface area contributed by atoms with E-state index in [1.165, 1.54) is 16.8 Å². The van der Waals surface area contributed by atoms with E-state index < -0.39 is 0 Å². The van der Waals surface area contributed by atoms with Crippen molar-refractivity contribution in [2.45, 2.75) is 40.2 Å². The summed E-state index contributed by atoms with van der Waals surface area (Å²) in [6.45, 7) is 10.3. The maximum absolute atomic E-state index is 5.89. The first-order valence-corrected chi connectivity index (χ1v) is 6.56. The van der Waals surface area contributed by atoms with Gasteiger partial charge in [-0.3, -0.25) is 0 Å².